The number of amides is 2. The second kappa shape index (κ2) is 8.99. The summed E-state index contributed by atoms with van der Waals surface area (Å²) in [4.78, 5) is 26.5. The molecule has 9 heteroatoms. The molecule has 0 aliphatic carbocycles. The lowest BCUT2D eigenvalue weighted by Gasteiger charge is -2.30. The van der Waals surface area contributed by atoms with Gasteiger partial charge in [-0.05, 0) is 55.2 Å². The van der Waals surface area contributed by atoms with Gasteiger partial charge in [0.25, 0.3) is 0 Å². The lowest BCUT2D eigenvalue weighted by molar-refractivity contribution is -0.122. The number of carbonyl (C=O) groups excluding carboxylic acids is 2. The highest BCUT2D eigenvalue weighted by Gasteiger charge is 2.36. The standard InChI is InChI=1S/C23H26FN3O4S/c1-16-5-4-12-26(14-16)32(30,31)19-10-8-18(9-11-19)25-23(29)17-13-22(28)27(15-17)21-7-3-2-6-20(21)24/h2-3,6-11,16-17H,4-5,12-15H2,1H3,(H,25,29). The Kier molecular flexibility index (Phi) is 6.30. The fourth-order valence-electron chi connectivity index (χ4n) is 4.25. The molecule has 2 aliphatic heterocycles. The lowest BCUT2D eigenvalue weighted by Crippen LogP contribution is -2.39. The van der Waals surface area contributed by atoms with E-state index in [1.807, 2.05) is 6.92 Å². The van der Waals surface area contributed by atoms with Crippen molar-refractivity contribution in [1.29, 1.82) is 0 Å². The summed E-state index contributed by atoms with van der Waals surface area (Å²) in [5.41, 5.74) is 0.604. The van der Waals surface area contributed by atoms with Crippen LogP contribution in [0, 0.1) is 17.7 Å². The maximum absolute atomic E-state index is 14.0. The van der Waals surface area contributed by atoms with Gasteiger partial charge in [0.15, 0.2) is 0 Å². The Bertz CT molecular complexity index is 1120. The Morgan fingerprint density at radius 2 is 1.81 bits per heavy atom. The van der Waals surface area contributed by atoms with Crippen molar-refractivity contribution in [3.05, 3.63) is 54.3 Å². The van der Waals surface area contributed by atoms with E-state index in [0.717, 1.165) is 12.8 Å². The highest BCUT2D eigenvalue weighted by molar-refractivity contribution is 7.89. The van der Waals surface area contributed by atoms with Gasteiger partial charge in [-0.15, -0.1) is 0 Å². The molecular weight excluding hydrogens is 433 g/mol. The van der Waals surface area contributed by atoms with Crippen molar-refractivity contribution < 1.29 is 22.4 Å². The predicted molar refractivity (Wildman–Crippen MR) is 119 cm³/mol. The smallest absolute Gasteiger partial charge is 0.243 e. The van der Waals surface area contributed by atoms with Crippen LogP contribution >= 0.6 is 0 Å². The number of para-hydroxylation sites is 1. The normalized spacial score (nSPS) is 22.2. The summed E-state index contributed by atoms with van der Waals surface area (Å²) in [6.07, 6.45) is 1.85. The monoisotopic (exact) mass is 459 g/mol. The number of benzene rings is 2. The molecule has 0 saturated carbocycles. The van der Waals surface area contributed by atoms with E-state index in [2.05, 4.69) is 5.32 Å². The number of nitrogens with one attached hydrogen (secondary N) is 1. The van der Waals surface area contributed by atoms with Crippen molar-refractivity contribution in [2.24, 2.45) is 11.8 Å². The van der Waals surface area contributed by atoms with Crippen LogP contribution in [-0.4, -0.2) is 44.2 Å². The first kappa shape index (κ1) is 22.4. The minimum absolute atomic E-state index is 0.0141. The van der Waals surface area contributed by atoms with Gasteiger partial charge >= 0.3 is 0 Å². The molecule has 2 aliphatic rings. The maximum atomic E-state index is 14.0. The Morgan fingerprint density at radius 3 is 2.50 bits per heavy atom. The molecule has 7 nitrogen and oxygen atoms in total. The van der Waals surface area contributed by atoms with E-state index in [1.165, 1.54) is 33.5 Å². The molecule has 0 bridgehead atoms. The van der Waals surface area contributed by atoms with Gasteiger partial charge < -0.3 is 10.2 Å². The number of nitrogens with zero attached hydrogens (tertiary/aromatic N) is 2. The molecule has 0 radical (unpaired) electrons. The van der Waals surface area contributed by atoms with Crippen LogP contribution in [0.1, 0.15) is 26.2 Å². The average Bonchev–Trinajstić information content (AvgIpc) is 3.16. The van der Waals surface area contributed by atoms with E-state index < -0.39 is 21.8 Å². The molecule has 0 spiro atoms. The zero-order chi connectivity index (χ0) is 22.9. The fourth-order valence-corrected chi connectivity index (χ4v) is 5.85. The first-order valence-corrected chi connectivity index (χ1v) is 12.2. The van der Waals surface area contributed by atoms with Crippen molar-refractivity contribution in [3.63, 3.8) is 0 Å². The molecule has 2 aromatic rings. The third-order valence-corrected chi connectivity index (χ3v) is 7.90. The third-order valence-electron chi connectivity index (χ3n) is 6.02. The minimum atomic E-state index is -3.57. The largest absolute Gasteiger partial charge is 0.326 e. The van der Waals surface area contributed by atoms with Gasteiger partial charge in [0.1, 0.15) is 5.82 Å². The second-order valence-corrected chi connectivity index (χ2v) is 10.4. The van der Waals surface area contributed by atoms with Crippen molar-refractivity contribution in [2.45, 2.75) is 31.1 Å². The van der Waals surface area contributed by atoms with Gasteiger partial charge in [-0.2, -0.15) is 4.31 Å². The summed E-state index contributed by atoms with van der Waals surface area (Å²) in [5, 5.41) is 2.74. The van der Waals surface area contributed by atoms with Crippen LogP contribution in [-0.2, 0) is 19.6 Å². The molecule has 2 atom stereocenters. The van der Waals surface area contributed by atoms with Gasteiger partial charge in [0.05, 0.1) is 16.5 Å². The number of sulfonamides is 1. The average molecular weight is 460 g/mol. The molecule has 2 aromatic carbocycles. The molecule has 1 N–H and O–H groups in total. The third kappa shape index (κ3) is 4.54. The molecule has 32 heavy (non-hydrogen) atoms. The second-order valence-electron chi connectivity index (χ2n) is 8.48. The van der Waals surface area contributed by atoms with E-state index in [4.69, 9.17) is 0 Å². The number of anilines is 2. The number of piperidine rings is 1. The molecule has 2 amide bonds. The topological polar surface area (TPSA) is 86.8 Å². The summed E-state index contributed by atoms with van der Waals surface area (Å²) in [7, 11) is -3.57. The van der Waals surface area contributed by atoms with E-state index in [0.29, 0.717) is 24.7 Å². The van der Waals surface area contributed by atoms with Crippen LogP contribution in [0.2, 0.25) is 0 Å². The first-order valence-electron chi connectivity index (χ1n) is 10.7. The zero-order valence-corrected chi connectivity index (χ0v) is 18.6. The fraction of sp³-hybridized carbons (Fsp3) is 0.391. The molecule has 2 fully saturated rings. The van der Waals surface area contributed by atoms with Crippen LogP contribution in [0.25, 0.3) is 0 Å². The van der Waals surface area contributed by atoms with Gasteiger partial charge in [-0.25, -0.2) is 12.8 Å². The lowest BCUT2D eigenvalue weighted by atomic mass is 10.0. The van der Waals surface area contributed by atoms with Crippen LogP contribution in [0.4, 0.5) is 15.8 Å². The van der Waals surface area contributed by atoms with E-state index in [-0.39, 0.29) is 35.4 Å². The van der Waals surface area contributed by atoms with Gasteiger partial charge in [0.2, 0.25) is 21.8 Å². The Labute approximate surface area is 187 Å². The summed E-state index contributed by atoms with van der Waals surface area (Å²) in [6, 6.07) is 12.0. The molecule has 2 unspecified atom stereocenters. The van der Waals surface area contributed by atoms with Crippen LogP contribution < -0.4 is 10.2 Å². The molecule has 2 saturated heterocycles. The summed E-state index contributed by atoms with van der Waals surface area (Å²) in [6.45, 7) is 3.15. The number of carbonyl (C=O) groups is 2. The van der Waals surface area contributed by atoms with Crippen molar-refractivity contribution in [3.8, 4) is 0 Å². The van der Waals surface area contributed by atoms with Crippen LogP contribution in [0.5, 0.6) is 0 Å². The maximum Gasteiger partial charge on any atom is 0.243 e. The molecular formula is C23H26FN3O4S. The number of hydrogen-bond donors (Lipinski definition) is 1. The minimum Gasteiger partial charge on any atom is -0.326 e. The highest BCUT2D eigenvalue weighted by atomic mass is 32.2. The SMILES string of the molecule is CC1CCCN(S(=O)(=O)c2ccc(NC(=O)C3CC(=O)N(c4ccccc4F)C3)cc2)C1. The summed E-state index contributed by atoms with van der Waals surface area (Å²) >= 11 is 0. The zero-order valence-electron chi connectivity index (χ0n) is 17.8. The number of rotatable bonds is 5. The van der Waals surface area contributed by atoms with Crippen molar-refractivity contribution in [2.75, 3.05) is 29.9 Å². The molecule has 2 heterocycles. The molecule has 0 aromatic heterocycles. The number of halogens is 1. The summed E-state index contributed by atoms with van der Waals surface area (Å²) < 4.78 is 41.3. The first-order chi connectivity index (χ1) is 15.3. The van der Waals surface area contributed by atoms with E-state index >= 15 is 0 Å². The predicted octanol–water partition coefficient (Wildman–Crippen LogP) is 3.24. The highest BCUT2D eigenvalue weighted by Crippen LogP contribution is 2.29. The Balaban J connectivity index is 1.41. The van der Waals surface area contributed by atoms with E-state index in [1.54, 1.807) is 24.3 Å². The summed E-state index contributed by atoms with van der Waals surface area (Å²) in [5.74, 6) is -1.48. The quantitative estimate of drug-likeness (QED) is 0.744. The van der Waals surface area contributed by atoms with Gasteiger partial charge in [-0.3, -0.25) is 9.59 Å². The van der Waals surface area contributed by atoms with Gasteiger partial charge in [0, 0.05) is 31.7 Å². The Hall–Kier alpha value is -2.78. The molecule has 170 valence electrons. The van der Waals surface area contributed by atoms with Crippen molar-refractivity contribution in [1.82, 2.24) is 4.31 Å². The van der Waals surface area contributed by atoms with Crippen LogP contribution in [0.15, 0.2) is 53.4 Å². The Morgan fingerprint density at radius 1 is 1.09 bits per heavy atom. The van der Waals surface area contributed by atoms with Crippen molar-refractivity contribution >= 4 is 33.2 Å². The van der Waals surface area contributed by atoms with Gasteiger partial charge in [-0.1, -0.05) is 19.1 Å². The van der Waals surface area contributed by atoms with E-state index in [9.17, 15) is 22.4 Å². The van der Waals surface area contributed by atoms with Crippen LogP contribution in [0.3, 0.4) is 0 Å². The molecule has 4 rings (SSSR count). The number of hydrogen-bond acceptors (Lipinski definition) is 4.